The fourth-order valence-electron chi connectivity index (χ4n) is 14.1. The van der Waals surface area contributed by atoms with Crippen LogP contribution in [0.1, 0.15) is 89.5 Å². The molecule has 4 unspecified atom stereocenters. The molecule has 16 atom stereocenters. The second-order valence-electron chi connectivity index (χ2n) is 34.2. The molecule has 5 aliphatic rings. The van der Waals surface area contributed by atoms with Crippen molar-refractivity contribution in [3.05, 3.63) is 184 Å². The maximum atomic E-state index is 12.6. The molecular weight excluding hydrogens is 1810 g/mol. The first kappa shape index (κ1) is 105. The lowest BCUT2D eigenvalue weighted by atomic mass is 9.98. The van der Waals surface area contributed by atoms with E-state index < -0.39 is 218 Å². The molecule has 126 heavy (non-hydrogen) atoms. The van der Waals surface area contributed by atoms with Gasteiger partial charge < -0.3 is 78.6 Å². The minimum Gasteiger partial charge on any atom is -0.432 e. The van der Waals surface area contributed by atoms with Gasteiger partial charge in [-0.1, -0.05) is 48.5 Å². The maximum Gasteiger partial charge on any atom is 0.524 e. The molecule has 8 heterocycles. The number of nitrogens with zero attached hydrogens (tertiary/aromatic N) is 4. The quantitative estimate of drug-likeness (QED) is 0.00564. The fraction of sp³-hybridized carbons (Fsp3) is 0.571. The van der Waals surface area contributed by atoms with E-state index in [0.717, 1.165) is 54.4 Å². The number of benzene rings is 2. The van der Waals surface area contributed by atoms with Crippen LogP contribution in [0.3, 0.4) is 0 Å². The highest BCUT2D eigenvalue weighted by Crippen LogP contribution is 2.47. The summed E-state index contributed by atoms with van der Waals surface area (Å²) in [6, 6.07) is 15.4. The molecule has 704 valence electrons. The van der Waals surface area contributed by atoms with Crippen LogP contribution in [0, 0.1) is 4.77 Å². The molecule has 0 amide bonds. The van der Waals surface area contributed by atoms with Crippen LogP contribution >= 0.6 is 39.8 Å². The zero-order valence-electron chi connectivity index (χ0n) is 71.1. The third-order valence-corrected chi connectivity index (χ3v) is 29.8. The van der Waals surface area contributed by atoms with Gasteiger partial charge in [0, 0.05) is 69.5 Å². The number of hydrogen-bond acceptors (Lipinski definition) is 32. The standard InChI is InChI=1S/C31H38N3O10PS.2C16H28N3O8PS.C14H23N2O4PS/c1-45(2,3)14-12-25-26(35)27(36)28(43-25)23-16-34(30(38)33-29(23)37)18-32-13-15-46(40,41)44-31(39)42-17-24-21-10-6-4-8-19(21)20-9-5-7-11-22(20)24;1-28(2,3)6-4-11-12(20)13(21)14(27-11)10-8-19(16(23)18-15(10)22)9-17-5-7-29(24,25)26;1-28(2,3)6-4-11-12(20)13(21)15(27-11)19-9-10(14(22)18-16(19)23)8-17-5-7-29(24,25)26;1-16-7-8(13(19)15-14(16)22)12-11(18)10(17)9(20-12)5-6-21(2,3)4/h4-11,16,24-28,32,35-36H,1,12-15,17-18H2,2-3H3,(H,33,37,38);8,11-14,17,20-21H,1,4-7,9H2,2-3H3,(H,18,22,23)(H,24,25,26);9,11-13,15,17,20-21H,1,4-8H2,2-3H3,(H,18,22,23)(H,24,25,26);7,9-12,17-18H,2,5-6H2,1,3-4H3,(H,15,19,22)/t25-,26-,27-,28?;11-,12-,13-,14?;11-,12-,13-,15?;9-,10-,11-,12?/m1111/s1. The van der Waals surface area contributed by atoms with Crippen LogP contribution in [0.5, 0.6) is 0 Å². The van der Waals surface area contributed by atoms with Crippen molar-refractivity contribution in [1.82, 2.24) is 54.2 Å². The Morgan fingerprint density at radius 3 is 1.23 bits per heavy atom. The summed E-state index contributed by atoms with van der Waals surface area (Å²) in [5.74, 6) is -1.96. The summed E-state index contributed by atoms with van der Waals surface area (Å²) in [6.45, 7) is 10.1. The van der Waals surface area contributed by atoms with Crippen molar-refractivity contribution >= 4 is 101 Å². The molecule has 11 rings (SSSR count). The summed E-state index contributed by atoms with van der Waals surface area (Å²) >= 11 is 4.98. The van der Waals surface area contributed by atoms with Gasteiger partial charge in [-0.15, -0.1) is 52.7 Å². The van der Waals surface area contributed by atoms with E-state index in [1.54, 1.807) is 17.8 Å². The van der Waals surface area contributed by atoms with Crippen LogP contribution in [0.25, 0.3) is 11.1 Å². The largest absolute Gasteiger partial charge is 0.524 e. The number of aryl methyl sites for hydroxylation is 1. The number of aromatic amines is 4. The van der Waals surface area contributed by atoms with Gasteiger partial charge in [0.15, 0.2) is 11.0 Å². The predicted molar refractivity (Wildman–Crippen MR) is 488 cm³/mol. The van der Waals surface area contributed by atoms with Crippen molar-refractivity contribution < 1.29 is 108 Å². The Morgan fingerprint density at radius 2 is 0.825 bits per heavy atom. The van der Waals surface area contributed by atoms with E-state index in [-0.39, 0.29) is 74.3 Å². The van der Waals surface area contributed by atoms with Crippen molar-refractivity contribution in [2.75, 3.05) is 121 Å². The Morgan fingerprint density at radius 1 is 0.468 bits per heavy atom. The molecule has 17 N–H and O–H groups in total. The summed E-state index contributed by atoms with van der Waals surface area (Å²) < 4.78 is 123. The molecule has 2 aromatic carbocycles. The molecule has 4 aromatic heterocycles. The number of aliphatic hydroxyl groups excluding tert-OH is 8. The Bertz CT molecular complexity index is 5710. The lowest BCUT2D eigenvalue weighted by Crippen LogP contribution is -2.39. The number of ether oxygens (including phenoxy) is 5. The van der Waals surface area contributed by atoms with E-state index in [9.17, 15) is 104 Å². The van der Waals surface area contributed by atoms with Crippen molar-refractivity contribution in [2.45, 2.75) is 149 Å². The van der Waals surface area contributed by atoms with Gasteiger partial charge in [0.25, 0.3) is 42.5 Å². The number of carbonyl (C=O) groups is 1. The summed E-state index contributed by atoms with van der Waals surface area (Å²) in [5.41, 5.74) is -0.681. The molecule has 4 aliphatic heterocycles. The topological polar surface area (TPSA) is 616 Å². The van der Waals surface area contributed by atoms with E-state index in [1.165, 1.54) is 18.6 Å². The first-order chi connectivity index (χ1) is 58.4. The molecule has 1 aliphatic carbocycles. The minimum absolute atomic E-state index is 0.0288. The zero-order chi connectivity index (χ0) is 93.8. The fourth-order valence-corrected chi connectivity index (χ4v) is 19.6. The molecule has 41 nitrogen and oxygen atoms in total. The van der Waals surface area contributed by atoms with Gasteiger partial charge in [-0.2, -0.15) is 25.3 Å². The van der Waals surface area contributed by atoms with Crippen molar-refractivity contribution in [1.29, 1.82) is 0 Å². The molecule has 4 saturated heterocycles. The molecule has 49 heteroatoms. The van der Waals surface area contributed by atoms with Gasteiger partial charge in [0.05, 0.1) is 71.7 Å². The van der Waals surface area contributed by atoms with Gasteiger partial charge in [-0.25, -0.2) is 19.2 Å². The first-order valence-corrected chi connectivity index (χ1v) is 57.2. The minimum atomic E-state index is -4.34. The molecule has 0 radical (unpaired) electrons. The average molecular weight is 1930 g/mol. The van der Waals surface area contributed by atoms with Crippen molar-refractivity contribution in [3.8, 4) is 11.1 Å². The van der Waals surface area contributed by atoms with Crippen molar-refractivity contribution in [3.63, 3.8) is 0 Å². The van der Waals surface area contributed by atoms with E-state index in [0.29, 0.717) is 36.6 Å². The molecule has 0 spiro atoms. The van der Waals surface area contributed by atoms with Crippen LogP contribution < -0.4 is 55.3 Å². The number of hydrogen-bond donors (Lipinski definition) is 17. The van der Waals surface area contributed by atoms with Gasteiger partial charge in [-0.05, 0) is 138 Å². The number of aliphatic hydroxyl groups is 8. The molecule has 4 fully saturated rings. The normalized spacial score (nSPS) is 24.5. The summed E-state index contributed by atoms with van der Waals surface area (Å²) in [6.07, 6.45) is 8.59. The van der Waals surface area contributed by atoms with Crippen LogP contribution in [-0.2, 0) is 85.2 Å². The highest BCUT2D eigenvalue weighted by molar-refractivity contribution is 7.87. The Kier molecular flexibility index (Phi) is 36.5. The molecule has 0 bridgehead atoms. The SMILES string of the molecule is C=P(C)(C)CC[C@H]1OC(c2cn(C)c(=S)[nH]c2=O)[C@H](O)[C@@H]1O.C=P(C)(C)CC[C@H]1OC(c2cn(CNCCS(=O)(=O)O)c(=O)[nH]c2=O)[C@H](O)[C@@H]1O.C=P(C)(C)CC[C@H]1OC(c2cn(CNCCS(=O)(=O)OC(=O)OCC3c4ccccc4-c4ccccc43)c(=O)[nH]c2=O)[C@H](O)[C@@H]1O.C=P(C)(C)CC[C@H]1OC(n2cc(CNCCS(=O)(=O)O)c(=O)[nH]c2=O)[C@H](O)[C@@H]1O. The zero-order valence-corrected chi connectivity index (χ0v) is 78.0. The van der Waals surface area contributed by atoms with Crippen molar-refractivity contribution in [2.24, 2.45) is 7.05 Å². The third kappa shape index (κ3) is 30.1. The number of fused-ring (bicyclic) bond motifs is 3. The van der Waals surface area contributed by atoms with Gasteiger partial charge in [-0.3, -0.25) is 72.6 Å². The third-order valence-electron chi connectivity index (χ3n) is 21.0. The average Bonchev–Trinajstić information content (AvgIpc) is 1.62. The monoisotopic (exact) mass is 1930 g/mol. The van der Waals surface area contributed by atoms with Gasteiger partial charge in [0.1, 0.15) is 73.8 Å². The second kappa shape index (κ2) is 44.0. The highest BCUT2D eigenvalue weighted by Gasteiger charge is 2.48. The number of aromatic nitrogens is 8. The Labute approximate surface area is 732 Å². The van der Waals surface area contributed by atoms with E-state index >= 15 is 0 Å². The lowest BCUT2D eigenvalue weighted by molar-refractivity contribution is -0.0404. The smallest absolute Gasteiger partial charge is 0.432 e. The number of nitrogens with one attached hydrogen (secondary N) is 7. The maximum absolute atomic E-state index is 12.6. The Hall–Kier alpha value is -6.78. The second-order valence-corrected chi connectivity index (χ2v) is 56.7. The lowest BCUT2D eigenvalue weighted by Gasteiger charge is -2.19. The van der Waals surface area contributed by atoms with Crippen LogP contribution in [-0.4, -0.2) is 339 Å². The van der Waals surface area contributed by atoms with E-state index in [1.807, 2.05) is 88.5 Å². The molecular formula is C77H117N11O30P4S4. The summed E-state index contributed by atoms with van der Waals surface area (Å²) in [7, 11) is -10.9. The van der Waals surface area contributed by atoms with Gasteiger partial charge in [0.2, 0.25) is 0 Å². The number of H-pyrrole nitrogens is 4. The van der Waals surface area contributed by atoms with E-state index in [4.69, 9.17) is 45.0 Å². The van der Waals surface area contributed by atoms with Crippen LogP contribution in [0.2, 0.25) is 0 Å². The van der Waals surface area contributed by atoms with E-state index in [2.05, 4.69) is 78.6 Å². The van der Waals surface area contributed by atoms with Crippen LogP contribution in [0.15, 0.2) is 107 Å². The predicted octanol–water partition coefficient (Wildman–Crippen LogP) is -1.19. The molecule has 6 aromatic rings. The number of carbonyl (C=O) groups excluding carboxylic acids is 1. The highest BCUT2D eigenvalue weighted by atomic mass is 32.2. The Balaban J connectivity index is 0.000000216. The first-order valence-electron chi connectivity index (χ1n) is 39.8. The summed E-state index contributed by atoms with van der Waals surface area (Å²) in [4.78, 5) is 107. The van der Waals surface area contributed by atoms with Gasteiger partial charge >= 0.3 is 33.3 Å². The summed E-state index contributed by atoms with van der Waals surface area (Å²) in [5, 5.41) is 90.9. The molecule has 0 saturated carbocycles. The number of rotatable bonds is 34. The van der Waals surface area contributed by atoms with Crippen LogP contribution in [0.4, 0.5) is 4.79 Å².